The molecule has 0 fully saturated rings. The van der Waals surface area contributed by atoms with Crippen molar-refractivity contribution in [3.8, 4) is 0 Å². The molecule has 0 radical (unpaired) electrons. The number of ether oxygens (including phenoxy) is 1. The largest absolute Gasteiger partial charge is 0.411 e. The maximum Gasteiger partial charge on any atom is 0.411 e. The van der Waals surface area contributed by atoms with Gasteiger partial charge in [0.15, 0.2) is 0 Å². The number of nitrogen functional groups attached to an aromatic ring is 1. The van der Waals surface area contributed by atoms with Gasteiger partial charge in [0.25, 0.3) is 0 Å². The summed E-state index contributed by atoms with van der Waals surface area (Å²) in [6.07, 6.45) is 7.57. The second-order valence-electron chi connectivity index (χ2n) is 4.60. The summed E-state index contributed by atoms with van der Waals surface area (Å²) < 4.78 is 5.04. The van der Waals surface area contributed by atoms with E-state index < -0.39 is 6.09 Å². The van der Waals surface area contributed by atoms with Gasteiger partial charge in [-0.2, -0.15) is 0 Å². The minimum atomic E-state index is -0.898. The van der Waals surface area contributed by atoms with Crippen molar-refractivity contribution >= 4 is 17.7 Å². The van der Waals surface area contributed by atoms with E-state index in [2.05, 4.69) is 14.9 Å². The number of nitrogens with two attached hydrogens (primary N) is 2. The highest BCUT2D eigenvalue weighted by molar-refractivity contribution is 5.69. The molecular formula is C13H14N6O2. The van der Waals surface area contributed by atoms with E-state index in [9.17, 15) is 4.79 Å². The number of aromatic nitrogens is 2. The Morgan fingerprint density at radius 1 is 1.29 bits per heavy atom. The van der Waals surface area contributed by atoms with Gasteiger partial charge in [-0.15, -0.1) is 0 Å². The lowest BCUT2D eigenvalue weighted by Gasteiger charge is -2.29. The summed E-state index contributed by atoms with van der Waals surface area (Å²) in [5.74, 6) is 0.599. The number of fused-ring (bicyclic) bond motifs is 1. The Morgan fingerprint density at radius 3 is 2.67 bits per heavy atom. The maximum absolute atomic E-state index is 11.1. The SMILES string of the molecule is CN1CC=C2C1=CC=C(OC(N)=O)N2c1ncc(N)cn1. The van der Waals surface area contributed by atoms with Crippen LogP contribution in [-0.4, -0.2) is 34.6 Å². The van der Waals surface area contributed by atoms with Crippen molar-refractivity contribution in [2.75, 3.05) is 24.2 Å². The van der Waals surface area contributed by atoms with E-state index in [1.54, 1.807) is 11.0 Å². The Balaban J connectivity index is 2.05. The Bertz CT molecular complexity index is 676. The van der Waals surface area contributed by atoms with Gasteiger partial charge in [0.1, 0.15) is 0 Å². The van der Waals surface area contributed by atoms with Crippen LogP contribution in [0.25, 0.3) is 0 Å². The molecule has 1 aromatic heterocycles. The Morgan fingerprint density at radius 2 is 2.00 bits per heavy atom. The van der Waals surface area contributed by atoms with Crippen molar-refractivity contribution in [2.45, 2.75) is 0 Å². The van der Waals surface area contributed by atoms with E-state index in [-0.39, 0.29) is 5.88 Å². The number of allylic oxidation sites excluding steroid dienone is 2. The lowest BCUT2D eigenvalue weighted by atomic mass is 10.2. The quantitative estimate of drug-likeness (QED) is 0.815. The van der Waals surface area contributed by atoms with Crippen LogP contribution in [0.3, 0.4) is 0 Å². The molecule has 0 aliphatic carbocycles. The molecule has 2 aliphatic heterocycles. The predicted molar refractivity (Wildman–Crippen MR) is 76.5 cm³/mol. The molecule has 0 aromatic carbocycles. The number of nitrogens with zero attached hydrogens (tertiary/aromatic N) is 4. The topological polar surface area (TPSA) is 111 Å². The third kappa shape index (κ3) is 2.27. The van der Waals surface area contributed by atoms with E-state index in [1.165, 1.54) is 12.4 Å². The molecule has 8 nitrogen and oxygen atoms in total. The molecule has 0 atom stereocenters. The van der Waals surface area contributed by atoms with E-state index in [1.807, 2.05) is 19.2 Å². The van der Waals surface area contributed by atoms with Crippen molar-refractivity contribution < 1.29 is 9.53 Å². The second-order valence-corrected chi connectivity index (χ2v) is 4.60. The summed E-state index contributed by atoms with van der Waals surface area (Å²) in [7, 11) is 1.96. The van der Waals surface area contributed by atoms with E-state index >= 15 is 0 Å². The van der Waals surface area contributed by atoms with Gasteiger partial charge in [-0.1, -0.05) is 0 Å². The van der Waals surface area contributed by atoms with Crippen LogP contribution in [0.1, 0.15) is 0 Å². The molecule has 1 amide bonds. The Labute approximate surface area is 121 Å². The summed E-state index contributed by atoms with van der Waals surface area (Å²) >= 11 is 0. The number of anilines is 2. The highest BCUT2D eigenvalue weighted by atomic mass is 16.6. The van der Waals surface area contributed by atoms with E-state index in [4.69, 9.17) is 16.2 Å². The molecule has 108 valence electrons. The first-order chi connectivity index (χ1) is 10.1. The number of hydrogen-bond acceptors (Lipinski definition) is 7. The average Bonchev–Trinajstić information content (AvgIpc) is 2.81. The first-order valence-electron chi connectivity index (χ1n) is 6.25. The number of amides is 1. The molecule has 3 heterocycles. The molecular weight excluding hydrogens is 272 g/mol. The first kappa shape index (κ1) is 13.0. The van der Waals surface area contributed by atoms with Crippen LogP contribution in [0.2, 0.25) is 0 Å². The molecule has 0 saturated heterocycles. The third-order valence-electron chi connectivity index (χ3n) is 3.14. The number of primary amides is 1. The fraction of sp³-hybridized carbons (Fsp3) is 0.154. The zero-order valence-corrected chi connectivity index (χ0v) is 11.4. The lowest BCUT2D eigenvalue weighted by molar-refractivity contribution is 0.184. The summed E-state index contributed by atoms with van der Waals surface area (Å²) in [5.41, 5.74) is 13.0. The van der Waals surface area contributed by atoms with Gasteiger partial charge in [0.2, 0.25) is 11.8 Å². The fourth-order valence-electron chi connectivity index (χ4n) is 2.22. The number of likely N-dealkylation sites (N-methyl/N-ethyl adjacent to an activating group) is 1. The van der Waals surface area contributed by atoms with Gasteiger partial charge in [-0.3, -0.25) is 0 Å². The average molecular weight is 286 g/mol. The van der Waals surface area contributed by atoms with Crippen LogP contribution in [0.4, 0.5) is 16.4 Å². The number of carbonyl (C=O) groups is 1. The summed E-state index contributed by atoms with van der Waals surface area (Å²) in [6.45, 7) is 0.740. The van der Waals surface area contributed by atoms with Crippen molar-refractivity contribution in [1.29, 1.82) is 0 Å². The zero-order chi connectivity index (χ0) is 15.0. The molecule has 3 rings (SSSR count). The Hall–Kier alpha value is -3.03. The molecule has 0 saturated carbocycles. The van der Waals surface area contributed by atoms with Crippen LogP contribution in [0.15, 0.2) is 47.9 Å². The molecule has 0 bridgehead atoms. The maximum atomic E-state index is 11.1. The van der Waals surface area contributed by atoms with Crippen LogP contribution in [0.5, 0.6) is 0 Å². The highest BCUT2D eigenvalue weighted by Crippen LogP contribution is 2.34. The van der Waals surface area contributed by atoms with Crippen molar-refractivity contribution in [1.82, 2.24) is 14.9 Å². The zero-order valence-electron chi connectivity index (χ0n) is 11.4. The highest BCUT2D eigenvalue weighted by Gasteiger charge is 2.31. The van der Waals surface area contributed by atoms with Gasteiger partial charge in [-0.05, 0) is 12.2 Å². The van der Waals surface area contributed by atoms with Crippen LogP contribution in [0, 0.1) is 0 Å². The molecule has 0 spiro atoms. The number of rotatable bonds is 2. The Kier molecular flexibility index (Phi) is 2.98. The van der Waals surface area contributed by atoms with Crippen molar-refractivity contribution in [2.24, 2.45) is 5.73 Å². The van der Waals surface area contributed by atoms with Crippen LogP contribution < -0.4 is 16.4 Å². The third-order valence-corrected chi connectivity index (χ3v) is 3.14. The molecule has 2 aliphatic rings. The lowest BCUT2D eigenvalue weighted by Crippen LogP contribution is -2.32. The minimum Gasteiger partial charge on any atom is -0.396 e. The van der Waals surface area contributed by atoms with Gasteiger partial charge in [-0.25, -0.2) is 19.7 Å². The summed E-state index contributed by atoms with van der Waals surface area (Å²) in [5, 5.41) is 0. The van der Waals surface area contributed by atoms with Crippen LogP contribution >= 0.6 is 0 Å². The predicted octanol–water partition coefficient (Wildman–Crippen LogP) is 0.529. The standard InChI is InChI=1S/C13H14N6O2/c1-18-5-4-10-9(18)2-3-11(21-12(15)20)19(10)13-16-6-8(14)7-17-13/h2-4,6-7H,5,14H2,1H3,(H2,15,20). The van der Waals surface area contributed by atoms with Crippen molar-refractivity contribution in [3.05, 3.63) is 47.9 Å². The minimum absolute atomic E-state index is 0.248. The van der Waals surface area contributed by atoms with Crippen molar-refractivity contribution in [3.63, 3.8) is 0 Å². The number of hydrogen-bond donors (Lipinski definition) is 2. The molecule has 1 aromatic rings. The van der Waals surface area contributed by atoms with Gasteiger partial charge >= 0.3 is 6.09 Å². The molecule has 4 N–H and O–H groups in total. The molecule has 0 unspecified atom stereocenters. The second kappa shape index (κ2) is 4.82. The molecule has 8 heteroatoms. The summed E-state index contributed by atoms with van der Waals surface area (Å²) in [4.78, 5) is 23.1. The number of carbonyl (C=O) groups excluding carboxylic acids is 1. The van der Waals surface area contributed by atoms with Crippen LogP contribution in [-0.2, 0) is 4.74 Å². The van der Waals surface area contributed by atoms with Gasteiger partial charge < -0.3 is 21.1 Å². The fourth-order valence-corrected chi connectivity index (χ4v) is 2.22. The normalized spacial score (nSPS) is 16.9. The van der Waals surface area contributed by atoms with E-state index in [0.717, 1.165) is 17.9 Å². The first-order valence-corrected chi connectivity index (χ1v) is 6.25. The van der Waals surface area contributed by atoms with Gasteiger partial charge in [0.05, 0.1) is 29.5 Å². The summed E-state index contributed by atoms with van der Waals surface area (Å²) in [6, 6.07) is 0. The van der Waals surface area contributed by atoms with Gasteiger partial charge in [0, 0.05) is 19.7 Å². The monoisotopic (exact) mass is 286 g/mol. The smallest absolute Gasteiger partial charge is 0.396 e. The van der Waals surface area contributed by atoms with E-state index in [0.29, 0.717) is 11.6 Å². The molecule has 21 heavy (non-hydrogen) atoms.